The van der Waals surface area contributed by atoms with E-state index in [4.69, 9.17) is 4.52 Å². The first-order valence-electron chi connectivity index (χ1n) is 6.91. The van der Waals surface area contributed by atoms with Gasteiger partial charge in [-0.25, -0.2) is 9.18 Å². The second-order valence-electron chi connectivity index (χ2n) is 5.22. The maximum absolute atomic E-state index is 13.0. The highest BCUT2D eigenvalue weighted by Gasteiger charge is 2.36. The predicted molar refractivity (Wildman–Crippen MR) is 76.9 cm³/mol. The van der Waals surface area contributed by atoms with Crippen LogP contribution < -0.4 is 5.32 Å². The normalized spacial score (nSPS) is 13.3. The summed E-state index contributed by atoms with van der Waals surface area (Å²) in [5.74, 6) is -1.46. The number of benzene rings is 1. The van der Waals surface area contributed by atoms with Crippen LogP contribution in [0.4, 0.5) is 4.39 Å². The third kappa shape index (κ3) is 3.91. The molecule has 0 fully saturated rings. The SMILES string of the molecule is Cc1noc(CCC(=O)NC(C)(C(=O)O)c2ccc(F)cc2)n1. The number of aryl methyl sites for hydroxylation is 2. The molecule has 0 aliphatic rings. The lowest BCUT2D eigenvalue weighted by atomic mass is 9.91. The Kier molecular flexibility index (Phi) is 4.73. The molecule has 0 aliphatic heterocycles. The first-order valence-corrected chi connectivity index (χ1v) is 6.91. The van der Waals surface area contributed by atoms with E-state index in [1.54, 1.807) is 6.92 Å². The van der Waals surface area contributed by atoms with Crippen molar-refractivity contribution in [3.63, 3.8) is 0 Å². The van der Waals surface area contributed by atoms with E-state index in [2.05, 4.69) is 15.5 Å². The summed E-state index contributed by atoms with van der Waals surface area (Å²) in [7, 11) is 0. The summed E-state index contributed by atoms with van der Waals surface area (Å²) in [6, 6.07) is 4.93. The van der Waals surface area contributed by atoms with Crippen molar-refractivity contribution in [2.45, 2.75) is 32.2 Å². The van der Waals surface area contributed by atoms with Crippen molar-refractivity contribution in [2.75, 3.05) is 0 Å². The van der Waals surface area contributed by atoms with Gasteiger partial charge in [-0.15, -0.1) is 0 Å². The summed E-state index contributed by atoms with van der Waals surface area (Å²) in [6.45, 7) is 3.00. The van der Waals surface area contributed by atoms with Crippen molar-refractivity contribution in [3.05, 3.63) is 47.4 Å². The molecule has 2 rings (SSSR count). The molecule has 23 heavy (non-hydrogen) atoms. The minimum atomic E-state index is -1.66. The van der Waals surface area contributed by atoms with E-state index >= 15 is 0 Å². The molecule has 1 heterocycles. The van der Waals surface area contributed by atoms with Crippen molar-refractivity contribution >= 4 is 11.9 Å². The number of amides is 1. The van der Waals surface area contributed by atoms with E-state index in [0.29, 0.717) is 11.7 Å². The van der Waals surface area contributed by atoms with E-state index < -0.39 is 23.2 Å². The van der Waals surface area contributed by atoms with Gasteiger partial charge >= 0.3 is 5.97 Å². The standard InChI is InChI=1S/C15H16FN3O4/c1-9-17-13(23-19-9)8-7-12(20)18-15(2,14(21)22)10-3-5-11(16)6-4-10/h3-6H,7-8H2,1-2H3,(H,18,20)(H,21,22). The molecule has 0 spiro atoms. The van der Waals surface area contributed by atoms with Gasteiger partial charge in [-0.2, -0.15) is 4.98 Å². The number of aliphatic carboxylic acids is 1. The van der Waals surface area contributed by atoms with Crippen LogP contribution in [0.3, 0.4) is 0 Å². The zero-order valence-corrected chi connectivity index (χ0v) is 12.7. The van der Waals surface area contributed by atoms with E-state index in [1.807, 2.05) is 0 Å². The summed E-state index contributed by atoms with van der Waals surface area (Å²) >= 11 is 0. The van der Waals surface area contributed by atoms with Crippen LogP contribution in [-0.4, -0.2) is 27.1 Å². The first-order chi connectivity index (χ1) is 10.8. The molecular formula is C15H16FN3O4. The second kappa shape index (κ2) is 6.55. The number of carboxylic acids is 1. The third-order valence-corrected chi connectivity index (χ3v) is 3.37. The minimum absolute atomic E-state index is 0.00824. The summed E-state index contributed by atoms with van der Waals surface area (Å²) in [5, 5.41) is 15.5. The lowest BCUT2D eigenvalue weighted by molar-refractivity contribution is -0.147. The number of aromatic nitrogens is 2. The smallest absolute Gasteiger partial charge is 0.333 e. The number of nitrogens with one attached hydrogen (secondary N) is 1. The number of hydrogen-bond acceptors (Lipinski definition) is 5. The molecule has 0 saturated carbocycles. The molecule has 0 aliphatic carbocycles. The maximum atomic E-state index is 13.0. The van der Waals surface area contributed by atoms with Crippen LogP contribution in [0.25, 0.3) is 0 Å². The number of carboxylic acid groups (broad SMARTS) is 1. The number of nitrogens with zero attached hydrogens (tertiary/aromatic N) is 2. The Labute approximate surface area is 131 Å². The average molecular weight is 321 g/mol. The van der Waals surface area contributed by atoms with Crippen molar-refractivity contribution in [1.82, 2.24) is 15.5 Å². The first kappa shape index (κ1) is 16.6. The van der Waals surface area contributed by atoms with Crippen molar-refractivity contribution in [1.29, 1.82) is 0 Å². The molecule has 1 atom stereocenters. The lowest BCUT2D eigenvalue weighted by Gasteiger charge is -2.26. The molecule has 1 aromatic heterocycles. The molecule has 1 aromatic carbocycles. The van der Waals surface area contributed by atoms with Gasteiger partial charge in [0, 0.05) is 12.8 Å². The Morgan fingerprint density at radius 3 is 2.52 bits per heavy atom. The van der Waals surface area contributed by atoms with Gasteiger partial charge in [-0.1, -0.05) is 17.3 Å². The molecule has 0 saturated heterocycles. The van der Waals surface area contributed by atoms with Gasteiger partial charge in [0.2, 0.25) is 11.8 Å². The maximum Gasteiger partial charge on any atom is 0.333 e. The largest absolute Gasteiger partial charge is 0.479 e. The highest BCUT2D eigenvalue weighted by atomic mass is 19.1. The molecule has 1 unspecified atom stereocenters. The van der Waals surface area contributed by atoms with Crippen LogP contribution >= 0.6 is 0 Å². The average Bonchev–Trinajstić information content (AvgIpc) is 2.91. The summed E-state index contributed by atoms with van der Waals surface area (Å²) < 4.78 is 17.9. The van der Waals surface area contributed by atoms with Crippen molar-refractivity contribution in [3.8, 4) is 0 Å². The third-order valence-electron chi connectivity index (χ3n) is 3.37. The van der Waals surface area contributed by atoms with E-state index in [9.17, 15) is 19.1 Å². The van der Waals surface area contributed by atoms with Gasteiger partial charge in [0.15, 0.2) is 11.4 Å². The molecule has 7 nitrogen and oxygen atoms in total. The fourth-order valence-electron chi connectivity index (χ4n) is 2.04. The van der Waals surface area contributed by atoms with E-state index in [1.165, 1.54) is 19.1 Å². The molecule has 122 valence electrons. The second-order valence-corrected chi connectivity index (χ2v) is 5.22. The van der Waals surface area contributed by atoms with Gasteiger partial charge in [-0.05, 0) is 31.5 Å². The molecular weight excluding hydrogens is 305 g/mol. The summed E-state index contributed by atoms with van der Waals surface area (Å²) in [6.07, 6.45) is 0.192. The van der Waals surface area contributed by atoms with Crippen LogP contribution in [0.2, 0.25) is 0 Å². The monoisotopic (exact) mass is 321 g/mol. The van der Waals surface area contributed by atoms with Crippen LogP contribution in [-0.2, 0) is 21.5 Å². The Hall–Kier alpha value is -2.77. The van der Waals surface area contributed by atoms with Crippen LogP contribution in [0.5, 0.6) is 0 Å². The molecule has 2 N–H and O–H groups in total. The number of halogens is 1. The number of carbonyl (C=O) groups excluding carboxylic acids is 1. The fraction of sp³-hybridized carbons (Fsp3) is 0.333. The Morgan fingerprint density at radius 1 is 1.35 bits per heavy atom. The summed E-state index contributed by atoms with van der Waals surface area (Å²) in [4.78, 5) is 27.6. The predicted octanol–water partition coefficient (Wildman–Crippen LogP) is 1.57. The van der Waals surface area contributed by atoms with Crippen LogP contribution in [0, 0.1) is 12.7 Å². The molecule has 2 aromatic rings. The fourth-order valence-corrected chi connectivity index (χ4v) is 2.04. The molecule has 0 radical (unpaired) electrons. The minimum Gasteiger partial charge on any atom is -0.479 e. The highest BCUT2D eigenvalue weighted by Crippen LogP contribution is 2.22. The van der Waals surface area contributed by atoms with Crippen molar-refractivity contribution in [2.24, 2.45) is 0 Å². The molecule has 0 bridgehead atoms. The van der Waals surface area contributed by atoms with Gasteiger partial charge in [0.1, 0.15) is 5.82 Å². The van der Waals surface area contributed by atoms with Gasteiger partial charge in [-0.3, -0.25) is 4.79 Å². The van der Waals surface area contributed by atoms with E-state index in [-0.39, 0.29) is 18.4 Å². The van der Waals surface area contributed by atoms with Gasteiger partial charge < -0.3 is 14.9 Å². The quantitative estimate of drug-likeness (QED) is 0.836. The zero-order valence-electron chi connectivity index (χ0n) is 12.7. The Morgan fingerprint density at radius 2 is 2.00 bits per heavy atom. The molecule has 8 heteroatoms. The number of hydrogen-bond donors (Lipinski definition) is 2. The van der Waals surface area contributed by atoms with Gasteiger partial charge in [0.25, 0.3) is 0 Å². The summed E-state index contributed by atoms with van der Waals surface area (Å²) in [5.41, 5.74) is -1.39. The lowest BCUT2D eigenvalue weighted by Crippen LogP contribution is -2.49. The van der Waals surface area contributed by atoms with Crippen molar-refractivity contribution < 1.29 is 23.6 Å². The zero-order chi connectivity index (χ0) is 17.0. The van der Waals surface area contributed by atoms with E-state index in [0.717, 1.165) is 12.1 Å². The van der Waals surface area contributed by atoms with Gasteiger partial charge in [0.05, 0.1) is 0 Å². The van der Waals surface area contributed by atoms with Crippen LogP contribution in [0.15, 0.2) is 28.8 Å². The highest BCUT2D eigenvalue weighted by molar-refractivity contribution is 5.87. The number of carbonyl (C=O) groups is 2. The topological polar surface area (TPSA) is 105 Å². The van der Waals surface area contributed by atoms with Crippen LogP contribution in [0.1, 0.15) is 30.6 Å². The Balaban J connectivity index is 2.07. The molecule has 1 amide bonds. The Bertz CT molecular complexity index is 714. The number of rotatable bonds is 6.